The van der Waals surface area contributed by atoms with Gasteiger partial charge in [0.2, 0.25) is 10.0 Å². The maximum atomic E-state index is 12.4. The number of nitro groups is 1. The molecule has 2 aromatic rings. The van der Waals surface area contributed by atoms with Crippen molar-refractivity contribution in [2.24, 2.45) is 0 Å². The Kier molecular flexibility index (Phi) is 4.64. The maximum Gasteiger partial charge on any atom is 0.274 e. The summed E-state index contributed by atoms with van der Waals surface area (Å²) in [5.74, 6) is -0.300. The first kappa shape index (κ1) is 17.9. The highest BCUT2D eigenvalue weighted by atomic mass is 32.2. The van der Waals surface area contributed by atoms with Crippen molar-refractivity contribution in [1.29, 1.82) is 0 Å². The summed E-state index contributed by atoms with van der Waals surface area (Å²) in [7, 11) is -3.27. The minimum Gasteiger partial charge on any atom is -0.321 e. The lowest BCUT2D eigenvalue weighted by Gasteiger charge is -2.17. The summed E-state index contributed by atoms with van der Waals surface area (Å²) in [6, 6.07) is 10.7. The van der Waals surface area contributed by atoms with Crippen molar-refractivity contribution in [3.8, 4) is 0 Å². The molecule has 1 saturated heterocycles. The standard InChI is InChI=1S/C17H17N3O5S/c1-12-15(4-2-5-16(12)20(22)23)18-17(21)13-6-8-14(9-7-13)19-10-3-11-26(19,24)25/h2,4-9H,3,10-11H2,1H3,(H,18,21). The third-order valence-electron chi connectivity index (χ3n) is 4.27. The molecule has 9 heteroatoms. The van der Waals surface area contributed by atoms with Crippen LogP contribution in [0.15, 0.2) is 42.5 Å². The van der Waals surface area contributed by atoms with Crippen molar-refractivity contribution in [2.45, 2.75) is 13.3 Å². The van der Waals surface area contributed by atoms with E-state index < -0.39 is 20.9 Å². The van der Waals surface area contributed by atoms with Gasteiger partial charge in [-0.05, 0) is 43.7 Å². The van der Waals surface area contributed by atoms with Crippen LogP contribution < -0.4 is 9.62 Å². The van der Waals surface area contributed by atoms with Crippen molar-refractivity contribution in [1.82, 2.24) is 0 Å². The molecule has 26 heavy (non-hydrogen) atoms. The van der Waals surface area contributed by atoms with E-state index in [-0.39, 0.29) is 11.4 Å². The fourth-order valence-electron chi connectivity index (χ4n) is 2.86. The lowest BCUT2D eigenvalue weighted by molar-refractivity contribution is -0.385. The zero-order valence-corrected chi connectivity index (χ0v) is 14.8. The van der Waals surface area contributed by atoms with Crippen LogP contribution in [0.4, 0.5) is 17.1 Å². The summed E-state index contributed by atoms with van der Waals surface area (Å²) in [5, 5.41) is 13.6. The molecule has 1 amide bonds. The molecule has 0 radical (unpaired) electrons. The van der Waals surface area contributed by atoms with E-state index in [1.807, 2.05) is 0 Å². The van der Waals surface area contributed by atoms with E-state index in [9.17, 15) is 23.3 Å². The molecule has 3 rings (SSSR count). The second-order valence-corrected chi connectivity index (χ2v) is 7.96. The van der Waals surface area contributed by atoms with Crippen LogP contribution in [-0.4, -0.2) is 31.5 Å². The second-order valence-electron chi connectivity index (χ2n) is 5.95. The molecular weight excluding hydrogens is 358 g/mol. The summed E-state index contributed by atoms with van der Waals surface area (Å²) < 4.78 is 25.2. The van der Waals surface area contributed by atoms with E-state index in [0.717, 1.165) is 0 Å². The van der Waals surface area contributed by atoms with Gasteiger partial charge in [0.05, 0.1) is 27.6 Å². The SMILES string of the molecule is Cc1c(NC(=O)c2ccc(N3CCCS3(=O)=O)cc2)cccc1[N+](=O)[O-]. The van der Waals surface area contributed by atoms with Gasteiger partial charge < -0.3 is 5.32 Å². The molecule has 1 fully saturated rings. The van der Waals surface area contributed by atoms with Crippen LogP contribution in [0.5, 0.6) is 0 Å². The minimum absolute atomic E-state index is 0.0719. The van der Waals surface area contributed by atoms with Gasteiger partial charge in [-0.3, -0.25) is 19.2 Å². The van der Waals surface area contributed by atoms with Crippen LogP contribution in [-0.2, 0) is 10.0 Å². The van der Waals surface area contributed by atoms with Gasteiger partial charge in [0.1, 0.15) is 0 Å². The highest BCUT2D eigenvalue weighted by molar-refractivity contribution is 7.93. The van der Waals surface area contributed by atoms with Crippen LogP contribution >= 0.6 is 0 Å². The zero-order valence-electron chi connectivity index (χ0n) is 14.0. The number of anilines is 2. The number of amides is 1. The number of hydrogen-bond donors (Lipinski definition) is 1. The first-order valence-corrected chi connectivity index (χ1v) is 9.56. The Morgan fingerprint density at radius 1 is 1.19 bits per heavy atom. The number of nitro benzene ring substituents is 1. The van der Waals surface area contributed by atoms with E-state index in [2.05, 4.69) is 5.32 Å². The van der Waals surface area contributed by atoms with E-state index >= 15 is 0 Å². The average Bonchev–Trinajstić information content (AvgIpc) is 2.95. The van der Waals surface area contributed by atoms with Crippen LogP contribution in [0.2, 0.25) is 0 Å². The first-order chi connectivity index (χ1) is 12.3. The molecule has 0 aliphatic carbocycles. The van der Waals surface area contributed by atoms with Gasteiger partial charge in [-0.1, -0.05) is 6.07 Å². The van der Waals surface area contributed by atoms with Gasteiger partial charge in [0, 0.05) is 18.2 Å². The fourth-order valence-corrected chi connectivity index (χ4v) is 4.42. The smallest absolute Gasteiger partial charge is 0.274 e. The molecule has 1 heterocycles. The Balaban J connectivity index is 1.79. The number of nitrogens with one attached hydrogen (secondary N) is 1. The number of sulfonamides is 1. The molecule has 0 spiro atoms. The Hall–Kier alpha value is -2.94. The Labute approximate surface area is 150 Å². The van der Waals surface area contributed by atoms with Crippen molar-refractivity contribution in [2.75, 3.05) is 21.9 Å². The van der Waals surface area contributed by atoms with Crippen molar-refractivity contribution >= 4 is 33.0 Å². The second kappa shape index (κ2) is 6.75. The fraction of sp³-hybridized carbons (Fsp3) is 0.235. The van der Waals surface area contributed by atoms with Crippen molar-refractivity contribution in [3.63, 3.8) is 0 Å². The molecule has 0 bridgehead atoms. The highest BCUT2D eigenvalue weighted by Gasteiger charge is 2.28. The summed E-state index contributed by atoms with van der Waals surface area (Å²) in [5.41, 5.74) is 1.50. The average molecular weight is 375 g/mol. The number of hydrogen-bond acceptors (Lipinski definition) is 5. The Morgan fingerprint density at radius 3 is 2.46 bits per heavy atom. The third kappa shape index (κ3) is 3.38. The number of benzene rings is 2. The number of carbonyl (C=O) groups is 1. The monoisotopic (exact) mass is 375 g/mol. The third-order valence-corrected chi connectivity index (χ3v) is 6.14. The predicted molar refractivity (Wildman–Crippen MR) is 98.0 cm³/mol. The molecule has 1 aliphatic heterocycles. The predicted octanol–water partition coefficient (Wildman–Crippen LogP) is 2.70. The van der Waals surface area contributed by atoms with Gasteiger partial charge >= 0.3 is 0 Å². The van der Waals surface area contributed by atoms with Gasteiger partial charge in [-0.15, -0.1) is 0 Å². The number of nitrogens with zero attached hydrogens (tertiary/aromatic N) is 2. The molecule has 1 aliphatic rings. The van der Waals surface area contributed by atoms with E-state index in [4.69, 9.17) is 0 Å². The van der Waals surface area contributed by atoms with Crippen LogP contribution in [0.25, 0.3) is 0 Å². The number of rotatable bonds is 4. The quantitative estimate of drug-likeness (QED) is 0.653. The van der Waals surface area contributed by atoms with Crippen molar-refractivity contribution in [3.05, 3.63) is 63.7 Å². The Bertz CT molecular complexity index is 970. The molecule has 136 valence electrons. The molecule has 2 aromatic carbocycles. The molecule has 0 saturated carbocycles. The summed E-state index contributed by atoms with van der Waals surface area (Å²) in [6.07, 6.45) is 0.580. The first-order valence-electron chi connectivity index (χ1n) is 7.95. The molecular formula is C17H17N3O5S. The normalized spacial score (nSPS) is 15.7. The lowest BCUT2D eigenvalue weighted by atomic mass is 10.1. The highest BCUT2D eigenvalue weighted by Crippen LogP contribution is 2.27. The van der Waals surface area contributed by atoms with Gasteiger partial charge in [0.25, 0.3) is 11.6 Å². The van der Waals surface area contributed by atoms with Crippen LogP contribution in [0.1, 0.15) is 22.3 Å². The minimum atomic E-state index is -3.27. The van der Waals surface area contributed by atoms with Gasteiger partial charge in [-0.25, -0.2) is 8.42 Å². The van der Waals surface area contributed by atoms with Gasteiger partial charge in [0.15, 0.2) is 0 Å². The molecule has 0 atom stereocenters. The van der Waals surface area contributed by atoms with E-state index in [1.54, 1.807) is 25.1 Å². The summed E-state index contributed by atoms with van der Waals surface area (Å²) in [4.78, 5) is 22.9. The van der Waals surface area contributed by atoms with E-state index in [1.165, 1.54) is 28.6 Å². The topological polar surface area (TPSA) is 110 Å². The summed E-state index contributed by atoms with van der Waals surface area (Å²) in [6.45, 7) is 2.00. The van der Waals surface area contributed by atoms with Crippen LogP contribution in [0, 0.1) is 17.0 Å². The zero-order chi connectivity index (χ0) is 18.9. The van der Waals surface area contributed by atoms with Crippen LogP contribution in [0.3, 0.4) is 0 Å². The molecule has 1 N–H and O–H groups in total. The molecule has 0 aromatic heterocycles. The largest absolute Gasteiger partial charge is 0.321 e. The maximum absolute atomic E-state index is 12.4. The summed E-state index contributed by atoms with van der Waals surface area (Å²) >= 11 is 0. The Morgan fingerprint density at radius 2 is 1.88 bits per heavy atom. The molecule has 0 unspecified atom stereocenters. The number of carbonyl (C=O) groups excluding carboxylic acids is 1. The lowest BCUT2D eigenvalue weighted by Crippen LogP contribution is -2.25. The molecule has 8 nitrogen and oxygen atoms in total. The van der Waals surface area contributed by atoms with E-state index in [0.29, 0.717) is 35.5 Å². The van der Waals surface area contributed by atoms with Crippen molar-refractivity contribution < 1.29 is 18.1 Å². The van der Waals surface area contributed by atoms with Gasteiger partial charge in [-0.2, -0.15) is 0 Å².